The monoisotopic (exact) mass is 839 g/mol. The van der Waals surface area contributed by atoms with E-state index in [-0.39, 0.29) is 11.9 Å². The maximum absolute atomic E-state index is 13.7. The van der Waals surface area contributed by atoms with E-state index in [1.54, 1.807) is 19.1 Å². The van der Waals surface area contributed by atoms with Crippen molar-refractivity contribution in [3.8, 4) is 23.2 Å². The number of aromatic nitrogens is 7. The van der Waals surface area contributed by atoms with Crippen LogP contribution in [-0.4, -0.2) is 59.2 Å². The minimum absolute atomic E-state index is 0.159. The molecule has 1 atom stereocenters. The topological polar surface area (TPSA) is 128 Å². The van der Waals surface area contributed by atoms with Crippen molar-refractivity contribution in [1.82, 2.24) is 34.3 Å². The molecule has 3 heterocycles. The summed E-state index contributed by atoms with van der Waals surface area (Å²) >= 11 is 0. The number of carbonyl (C=O) groups is 2. The lowest BCUT2D eigenvalue weighted by molar-refractivity contribution is -0.171. The number of fused-ring (bicyclic) bond motifs is 1. The number of benzene rings is 5. The molecule has 0 aliphatic heterocycles. The van der Waals surface area contributed by atoms with Crippen molar-refractivity contribution in [2.75, 3.05) is 6.61 Å². The highest BCUT2D eigenvalue weighted by atomic mass is 16.7. The number of tetrazole rings is 1. The van der Waals surface area contributed by atoms with E-state index in [0.717, 1.165) is 71.3 Å². The maximum atomic E-state index is 13.7. The van der Waals surface area contributed by atoms with Gasteiger partial charge in [-0.25, -0.2) is 9.48 Å². The maximum Gasteiger partial charge on any atom is 0.343 e. The van der Waals surface area contributed by atoms with Crippen LogP contribution in [0.3, 0.4) is 0 Å². The molecule has 318 valence electrons. The molecular formula is C51H49N7O5. The van der Waals surface area contributed by atoms with Gasteiger partial charge in [0.05, 0.1) is 41.4 Å². The molecule has 1 aliphatic carbocycles. The van der Waals surface area contributed by atoms with Gasteiger partial charge in [-0.1, -0.05) is 128 Å². The molecule has 5 aromatic carbocycles. The van der Waals surface area contributed by atoms with Crippen molar-refractivity contribution in [3.05, 3.63) is 179 Å². The number of rotatable bonds is 14. The van der Waals surface area contributed by atoms with Gasteiger partial charge in [-0.2, -0.15) is 4.98 Å². The van der Waals surface area contributed by atoms with Gasteiger partial charge in [-0.05, 0) is 95.3 Å². The van der Waals surface area contributed by atoms with Crippen molar-refractivity contribution in [2.45, 2.75) is 71.2 Å². The van der Waals surface area contributed by atoms with Crippen LogP contribution in [0.1, 0.15) is 84.1 Å². The summed E-state index contributed by atoms with van der Waals surface area (Å²) in [5.74, 6) is -0.500. The van der Waals surface area contributed by atoms with E-state index in [9.17, 15) is 9.59 Å². The van der Waals surface area contributed by atoms with Gasteiger partial charge in [-0.3, -0.25) is 9.36 Å². The van der Waals surface area contributed by atoms with Crippen molar-refractivity contribution >= 4 is 23.0 Å². The Labute approximate surface area is 366 Å². The Morgan fingerprint density at radius 1 is 0.778 bits per heavy atom. The Kier molecular flexibility index (Phi) is 11.7. The number of aryl methyl sites for hydroxylation is 1. The van der Waals surface area contributed by atoms with Crippen LogP contribution >= 0.6 is 0 Å². The molecule has 9 rings (SSSR count). The van der Waals surface area contributed by atoms with Gasteiger partial charge >= 0.3 is 11.9 Å². The number of esters is 2. The molecule has 0 saturated heterocycles. The van der Waals surface area contributed by atoms with Gasteiger partial charge in [0.15, 0.2) is 0 Å². The molecular weight excluding hydrogens is 791 g/mol. The number of para-hydroxylation sites is 1. The minimum atomic E-state index is -1.05. The van der Waals surface area contributed by atoms with E-state index in [0.29, 0.717) is 41.6 Å². The number of imidazole rings is 1. The van der Waals surface area contributed by atoms with E-state index in [1.165, 1.54) is 0 Å². The van der Waals surface area contributed by atoms with E-state index < -0.39 is 17.8 Å². The highest BCUT2D eigenvalue weighted by Gasteiger charge is 2.42. The first-order chi connectivity index (χ1) is 30.8. The summed E-state index contributed by atoms with van der Waals surface area (Å²) in [7, 11) is 0. The smallest absolute Gasteiger partial charge is 0.343 e. The molecule has 1 unspecified atom stereocenters. The highest BCUT2D eigenvalue weighted by Crippen LogP contribution is 2.42. The third-order valence-electron chi connectivity index (χ3n) is 11.8. The largest absolute Gasteiger partial charge is 0.465 e. The van der Waals surface area contributed by atoms with Crippen molar-refractivity contribution in [3.63, 3.8) is 0 Å². The summed E-state index contributed by atoms with van der Waals surface area (Å²) < 4.78 is 23.3. The fourth-order valence-corrected chi connectivity index (χ4v) is 8.96. The zero-order chi connectivity index (χ0) is 43.3. The fraction of sp³-hybridized carbons (Fsp3) is 0.255. The second kappa shape index (κ2) is 17.9. The molecule has 1 fully saturated rings. The zero-order valence-electron chi connectivity index (χ0n) is 35.6. The van der Waals surface area contributed by atoms with Gasteiger partial charge < -0.3 is 18.8 Å². The number of nitrogens with zero attached hydrogens (tertiary/aromatic N) is 7. The van der Waals surface area contributed by atoms with Gasteiger partial charge in [0.25, 0.3) is 6.01 Å². The van der Waals surface area contributed by atoms with Crippen LogP contribution in [-0.2, 0) is 26.4 Å². The first kappa shape index (κ1) is 41.0. The molecule has 0 spiro atoms. The molecule has 1 aliphatic rings. The predicted octanol–water partition coefficient (Wildman–Crippen LogP) is 9.70. The summed E-state index contributed by atoms with van der Waals surface area (Å²) in [4.78, 5) is 31.3. The molecule has 63 heavy (non-hydrogen) atoms. The SMILES string of the molecule is CCOc1nc2cccc(C(=O)OC(C)OC(=O)C3CCCCC3)c2n1Cc1ccc(-n2cc(C)cc2-c2nnnn2C(c2ccccc2)(c2ccccc2)c2ccccc2)cc1. The lowest BCUT2D eigenvalue weighted by Crippen LogP contribution is -2.39. The van der Waals surface area contributed by atoms with Crippen LogP contribution in [0.5, 0.6) is 6.01 Å². The van der Waals surface area contributed by atoms with Crippen LogP contribution in [0.15, 0.2) is 146 Å². The van der Waals surface area contributed by atoms with Crippen molar-refractivity contribution in [2.24, 2.45) is 5.92 Å². The molecule has 12 nitrogen and oxygen atoms in total. The van der Waals surface area contributed by atoms with E-state index in [4.69, 9.17) is 29.5 Å². The summed E-state index contributed by atoms with van der Waals surface area (Å²) in [6.07, 6.45) is 5.75. The quantitative estimate of drug-likeness (QED) is 0.0597. The molecule has 0 amide bonds. The molecule has 8 aromatic rings. The number of ether oxygens (including phenoxy) is 3. The van der Waals surface area contributed by atoms with Crippen LogP contribution < -0.4 is 4.74 Å². The minimum Gasteiger partial charge on any atom is -0.465 e. The van der Waals surface area contributed by atoms with Gasteiger partial charge in [0.1, 0.15) is 5.54 Å². The lowest BCUT2D eigenvalue weighted by atomic mass is 9.77. The van der Waals surface area contributed by atoms with E-state index >= 15 is 0 Å². The lowest BCUT2D eigenvalue weighted by Gasteiger charge is -2.36. The Bertz CT molecular complexity index is 2730. The number of hydrogen-bond acceptors (Lipinski definition) is 9. The van der Waals surface area contributed by atoms with Crippen LogP contribution in [0.4, 0.5) is 0 Å². The summed E-state index contributed by atoms with van der Waals surface area (Å²) in [5.41, 5.74) is 7.28. The van der Waals surface area contributed by atoms with Gasteiger partial charge in [0, 0.05) is 18.8 Å². The number of hydrogen-bond donors (Lipinski definition) is 0. The third-order valence-corrected chi connectivity index (χ3v) is 11.8. The Hall–Kier alpha value is -7.34. The fourth-order valence-electron chi connectivity index (χ4n) is 8.96. The predicted molar refractivity (Wildman–Crippen MR) is 239 cm³/mol. The van der Waals surface area contributed by atoms with Crippen LogP contribution in [0, 0.1) is 12.8 Å². The van der Waals surface area contributed by atoms with Gasteiger partial charge in [-0.15, -0.1) is 5.10 Å². The number of carbonyl (C=O) groups excluding carboxylic acids is 2. The summed E-state index contributed by atoms with van der Waals surface area (Å²) in [6, 6.07) is 47.0. The first-order valence-corrected chi connectivity index (χ1v) is 21.6. The average Bonchev–Trinajstić information content (AvgIpc) is 4.06. The standard InChI is InChI=1S/C51H49N7O5/c1-4-61-50-52-44-27-17-26-43(49(60)63-36(3)62-48(59)38-18-9-5-10-19-38)46(44)57(50)34-37-28-30-42(31-29-37)56-33-35(2)32-45(56)47-53-54-55-58(47)51(39-20-11-6-12-21-39,40-22-13-7-14-23-40)41-24-15-8-16-25-41/h6-8,11-17,20-33,36,38H,4-5,9-10,18-19,34H2,1-3H3. The normalized spacial score (nSPS) is 13.8. The van der Waals surface area contributed by atoms with Crippen LogP contribution in [0.2, 0.25) is 0 Å². The Morgan fingerprint density at radius 2 is 1.41 bits per heavy atom. The van der Waals surface area contributed by atoms with Crippen molar-refractivity contribution in [1.29, 1.82) is 0 Å². The van der Waals surface area contributed by atoms with Crippen LogP contribution in [0.25, 0.3) is 28.2 Å². The molecule has 3 aromatic heterocycles. The molecule has 0 radical (unpaired) electrons. The Balaban J connectivity index is 1.05. The zero-order valence-corrected chi connectivity index (χ0v) is 35.6. The molecule has 12 heteroatoms. The van der Waals surface area contributed by atoms with Crippen molar-refractivity contribution < 1.29 is 23.8 Å². The highest BCUT2D eigenvalue weighted by molar-refractivity contribution is 6.02. The van der Waals surface area contributed by atoms with E-state index in [1.807, 2.05) is 76.8 Å². The summed E-state index contributed by atoms with van der Waals surface area (Å²) in [5, 5.41) is 13.8. The molecule has 0 N–H and O–H groups in total. The first-order valence-electron chi connectivity index (χ1n) is 21.6. The summed E-state index contributed by atoms with van der Waals surface area (Å²) in [6.45, 7) is 6.27. The Morgan fingerprint density at radius 3 is 2.03 bits per heavy atom. The van der Waals surface area contributed by atoms with E-state index in [2.05, 4.69) is 89.6 Å². The van der Waals surface area contributed by atoms with Gasteiger partial charge in [0.2, 0.25) is 12.1 Å². The average molecular weight is 840 g/mol. The third kappa shape index (κ3) is 8.00. The second-order valence-corrected chi connectivity index (χ2v) is 16.0. The molecule has 1 saturated carbocycles. The molecule has 0 bridgehead atoms. The second-order valence-electron chi connectivity index (χ2n) is 16.0.